The Morgan fingerprint density at radius 3 is 2.79 bits per heavy atom. The van der Waals surface area contributed by atoms with Crippen LogP contribution in [0.25, 0.3) is 0 Å². The SMILES string of the molecule is CN1CCCC(CNC(C(N)=O)c2ccccc2)C1c1cccs1. The van der Waals surface area contributed by atoms with Gasteiger partial charge in [0.15, 0.2) is 0 Å². The molecule has 2 heterocycles. The average molecular weight is 343 g/mol. The lowest BCUT2D eigenvalue weighted by molar-refractivity contribution is -0.120. The summed E-state index contributed by atoms with van der Waals surface area (Å²) in [5.41, 5.74) is 6.56. The minimum atomic E-state index is -0.428. The summed E-state index contributed by atoms with van der Waals surface area (Å²) in [5, 5.41) is 5.56. The molecule has 1 aromatic carbocycles. The zero-order chi connectivity index (χ0) is 16.9. The number of nitrogens with two attached hydrogens (primary N) is 1. The molecule has 1 fully saturated rings. The predicted molar refractivity (Wildman–Crippen MR) is 98.8 cm³/mol. The Morgan fingerprint density at radius 2 is 2.12 bits per heavy atom. The maximum absolute atomic E-state index is 11.9. The van der Waals surface area contributed by atoms with Gasteiger partial charge in [0.25, 0.3) is 0 Å². The lowest BCUT2D eigenvalue weighted by Gasteiger charge is -2.39. The summed E-state index contributed by atoms with van der Waals surface area (Å²) in [4.78, 5) is 15.7. The van der Waals surface area contributed by atoms with Crippen LogP contribution >= 0.6 is 11.3 Å². The van der Waals surface area contributed by atoms with Crippen molar-refractivity contribution in [2.24, 2.45) is 11.7 Å². The van der Waals surface area contributed by atoms with Gasteiger partial charge >= 0.3 is 0 Å². The van der Waals surface area contributed by atoms with Crippen LogP contribution < -0.4 is 11.1 Å². The van der Waals surface area contributed by atoms with Gasteiger partial charge in [-0.15, -0.1) is 11.3 Å². The van der Waals surface area contributed by atoms with Crippen LogP contribution in [-0.4, -0.2) is 30.9 Å². The van der Waals surface area contributed by atoms with Gasteiger partial charge in [0.05, 0.1) is 0 Å². The van der Waals surface area contributed by atoms with Crippen molar-refractivity contribution in [2.75, 3.05) is 20.1 Å². The lowest BCUT2D eigenvalue weighted by atomic mass is 9.88. The van der Waals surface area contributed by atoms with Gasteiger partial charge in [0.2, 0.25) is 5.91 Å². The second-order valence-corrected chi connectivity index (χ2v) is 7.48. The molecule has 1 saturated heterocycles. The number of piperidine rings is 1. The molecule has 1 amide bonds. The van der Waals surface area contributed by atoms with Gasteiger partial charge in [0, 0.05) is 17.5 Å². The van der Waals surface area contributed by atoms with Gasteiger partial charge in [0.1, 0.15) is 6.04 Å². The third kappa shape index (κ3) is 3.86. The van der Waals surface area contributed by atoms with Crippen LogP contribution in [0.15, 0.2) is 47.8 Å². The Bertz CT molecular complexity index is 644. The molecule has 1 aliphatic heterocycles. The molecule has 1 aliphatic rings. The fourth-order valence-corrected chi connectivity index (χ4v) is 4.66. The number of carbonyl (C=O) groups excluding carboxylic acids is 1. The number of primary amides is 1. The van der Waals surface area contributed by atoms with E-state index in [0.29, 0.717) is 12.0 Å². The fourth-order valence-electron chi connectivity index (χ4n) is 3.68. The first-order valence-electron chi connectivity index (χ1n) is 8.48. The van der Waals surface area contributed by atoms with E-state index in [4.69, 9.17) is 5.73 Å². The number of hydrogen-bond acceptors (Lipinski definition) is 4. The summed E-state index contributed by atoms with van der Waals surface area (Å²) in [6.45, 7) is 1.91. The zero-order valence-corrected chi connectivity index (χ0v) is 14.8. The molecule has 0 saturated carbocycles. The monoisotopic (exact) mass is 343 g/mol. The van der Waals surface area contributed by atoms with E-state index in [9.17, 15) is 4.79 Å². The third-order valence-electron chi connectivity index (χ3n) is 4.84. The van der Waals surface area contributed by atoms with Crippen molar-refractivity contribution in [3.63, 3.8) is 0 Å². The molecule has 1 aromatic heterocycles. The molecule has 3 rings (SSSR count). The van der Waals surface area contributed by atoms with E-state index < -0.39 is 6.04 Å². The van der Waals surface area contributed by atoms with E-state index in [1.54, 1.807) is 0 Å². The van der Waals surface area contributed by atoms with Crippen LogP contribution in [0.3, 0.4) is 0 Å². The predicted octanol–water partition coefficient (Wildman–Crippen LogP) is 2.95. The minimum absolute atomic E-state index is 0.321. The molecule has 128 valence electrons. The maximum Gasteiger partial charge on any atom is 0.239 e. The fraction of sp³-hybridized carbons (Fsp3) is 0.421. The molecule has 4 nitrogen and oxygen atoms in total. The molecule has 0 bridgehead atoms. The largest absolute Gasteiger partial charge is 0.368 e. The van der Waals surface area contributed by atoms with E-state index in [-0.39, 0.29) is 5.91 Å². The van der Waals surface area contributed by atoms with E-state index >= 15 is 0 Å². The molecule has 2 aromatic rings. The highest BCUT2D eigenvalue weighted by atomic mass is 32.1. The molecular weight excluding hydrogens is 318 g/mol. The highest BCUT2D eigenvalue weighted by molar-refractivity contribution is 7.10. The van der Waals surface area contributed by atoms with Gasteiger partial charge in [-0.3, -0.25) is 9.69 Å². The smallest absolute Gasteiger partial charge is 0.239 e. The zero-order valence-electron chi connectivity index (χ0n) is 14.0. The maximum atomic E-state index is 11.9. The number of thiophene rings is 1. The standard InChI is InChI=1S/C19H25N3OS/c1-22-11-5-9-15(18(22)16-10-6-12-24-16)13-21-17(19(20)23)14-7-3-2-4-8-14/h2-4,6-8,10,12,15,17-18,21H,5,9,11,13H2,1H3,(H2,20,23). The van der Waals surface area contributed by atoms with Gasteiger partial charge < -0.3 is 11.1 Å². The van der Waals surface area contributed by atoms with Crippen LogP contribution in [-0.2, 0) is 4.79 Å². The van der Waals surface area contributed by atoms with E-state index in [0.717, 1.165) is 18.7 Å². The number of nitrogens with one attached hydrogen (secondary N) is 1. The van der Waals surface area contributed by atoms with Crippen molar-refractivity contribution in [3.8, 4) is 0 Å². The summed E-state index contributed by atoms with van der Waals surface area (Å²) in [7, 11) is 2.19. The van der Waals surface area contributed by atoms with Gasteiger partial charge in [-0.1, -0.05) is 36.4 Å². The second-order valence-electron chi connectivity index (χ2n) is 6.50. The normalized spacial score (nSPS) is 23.0. The van der Waals surface area contributed by atoms with Crippen LogP contribution in [0.2, 0.25) is 0 Å². The summed E-state index contributed by atoms with van der Waals surface area (Å²) in [6.07, 6.45) is 2.36. The number of carbonyl (C=O) groups is 1. The molecule has 3 N–H and O–H groups in total. The molecule has 0 spiro atoms. The molecule has 0 radical (unpaired) electrons. The number of likely N-dealkylation sites (tertiary alicyclic amines) is 1. The molecular formula is C19H25N3OS. The highest BCUT2D eigenvalue weighted by Gasteiger charge is 2.32. The van der Waals surface area contributed by atoms with E-state index in [1.807, 2.05) is 41.7 Å². The summed E-state index contributed by atoms with van der Waals surface area (Å²) in [6, 6.07) is 14.0. The third-order valence-corrected chi connectivity index (χ3v) is 5.79. The Kier molecular flexibility index (Phi) is 5.66. The first kappa shape index (κ1) is 17.1. The van der Waals surface area contributed by atoms with Crippen LogP contribution in [0.5, 0.6) is 0 Å². The molecule has 5 heteroatoms. The van der Waals surface area contributed by atoms with Gasteiger partial charge in [-0.2, -0.15) is 0 Å². The molecule has 3 atom stereocenters. The average Bonchev–Trinajstić information content (AvgIpc) is 3.10. The van der Waals surface area contributed by atoms with Crippen LogP contribution in [0.1, 0.15) is 35.4 Å². The van der Waals surface area contributed by atoms with Crippen LogP contribution in [0, 0.1) is 5.92 Å². The first-order chi connectivity index (χ1) is 11.7. The van der Waals surface area contributed by atoms with Crippen molar-refractivity contribution in [3.05, 3.63) is 58.3 Å². The van der Waals surface area contributed by atoms with Gasteiger partial charge in [-0.05, 0) is 49.4 Å². The quantitative estimate of drug-likeness (QED) is 0.848. The lowest BCUT2D eigenvalue weighted by Crippen LogP contribution is -2.43. The number of nitrogens with zero attached hydrogens (tertiary/aromatic N) is 1. The van der Waals surface area contributed by atoms with Crippen molar-refractivity contribution >= 4 is 17.2 Å². The first-order valence-corrected chi connectivity index (χ1v) is 9.36. The van der Waals surface area contributed by atoms with Crippen molar-refractivity contribution in [2.45, 2.75) is 24.9 Å². The Balaban J connectivity index is 1.72. The summed E-state index contributed by atoms with van der Waals surface area (Å²) in [5.74, 6) is 0.158. The number of benzene rings is 1. The molecule has 24 heavy (non-hydrogen) atoms. The topological polar surface area (TPSA) is 58.4 Å². The Hall–Kier alpha value is -1.69. The van der Waals surface area contributed by atoms with Crippen molar-refractivity contribution in [1.82, 2.24) is 10.2 Å². The highest BCUT2D eigenvalue weighted by Crippen LogP contribution is 2.37. The minimum Gasteiger partial charge on any atom is -0.368 e. The van der Waals surface area contributed by atoms with Crippen molar-refractivity contribution in [1.29, 1.82) is 0 Å². The number of amides is 1. The Morgan fingerprint density at radius 1 is 1.33 bits per heavy atom. The summed E-state index contributed by atoms with van der Waals surface area (Å²) >= 11 is 1.81. The molecule has 3 unspecified atom stereocenters. The van der Waals surface area contributed by atoms with E-state index in [1.165, 1.54) is 17.7 Å². The van der Waals surface area contributed by atoms with Crippen molar-refractivity contribution < 1.29 is 4.79 Å². The Labute approximate surface area is 147 Å². The number of hydrogen-bond donors (Lipinski definition) is 2. The van der Waals surface area contributed by atoms with E-state index in [2.05, 4.69) is 34.8 Å². The van der Waals surface area contributed by atoms with Gasteiger partial charge in [-0.25, -0.2) is 0 Å². The summed E-state index contributed by atoms with van der Waals surface area (Å²) < 4.78 is 0. The second kappa shape index (κ2) is 7.92. The van der Waals surface area contributed by atoms with Crippen LogP contribution in [0.4, 0.5) is 0 Å². The molecule has 0 aliphatic carbocycles. The number of rotatable bonds is 6.